The van der Waals surface area contributed by atoms with Gasteiger partial charge < -0.3 is 11.1 Å². The molecular formula is C27H28F3N3. The zero-order chi connectivity index (χ0) is 23.8. The number of nitrogen functional groups attached to an aromatic ring is 1. The number of aryl methyl sites for hydroxylation is 1. The molecule has 33 heavy (non-hydrogen) atoms. The summed E-state index contributed by atoms with van der Waals surface area (Å²) in [4.78, 5) is 4.50. The van der Waals surface area contributed by atoms with E-state index in [-0.39, 0.29) is 12.0 Å². The second-order valence-corrected chi connectivity index (χ2v) is 7.78. The van der Waals surface area contributed by atoms with E-state index in [1.165, 1.54) is 12.1 Å². The van der Waals surface area contributed by atoms with Gasteiger partial charge in [0.2, 0.25) is 0 Å². The van der Waals surface area contributed by atoms with Crippen molar-refractivity contribution >= 4 is 17.1 Å². The van der Waals surface area contributed by atoms with Crippen LogP contribution in [0.2, 0.25) is 0 Å². The lowest BCUT2D eigenvalue weighted by Gasteiger charge is -2.18. The predicted octanol–water partition coefficient (Wildman–Crippen LogP) is 6.87. The molecule has 0 bridgehead atoms. The molecule has 0 saturated heterocycles. The zero-order valence-corrected chi connectivity index (χ0v) is 18.6. The van der Waals surface area contributed by atoms with Crippen molar-refractivity contribution in [3.05, 3.63) is 107 Å². The number of nitrogens with one attached hydrogen (secondary N) is 1. The van der Waals surface area contributed by atoms with E-state index in [1.807, 2.05) is 30.3 Å². The van der Waals surface area contributed by atoms with E-state index in [4.69, 9.17) is 5.73 Å². The number of pyridine rings is 1. The fourth-order valence-electron chi connectivity index (χ4n) is 3.66. The lowest BCUT2D eigenvalue weighted by Crippen LogP contribution is -2.15. The number of halogens is 3. The van der Waals surface area contributed by atoms with E-state index in [9.17, 15) is 13.2 Å². The van der Waals surface area contributed by atoms with Gasteiger partial charge in [0.1, 0.15) is 0 Å². The molecule has 2 aromatic carbocycles. The molecule has 0 aliphatic heterocycles. The number of nitrogens with two attached hydrogens (primary N) is 1. The van der Waals surface area contributed by atoms with Crippen LogP contribution >= 0.6 is 0 Å². The first-order valence-corrected chi connectivity index (χ1v) is 10.9. The smallest absolute Gasteiger partial charge is 0.398 e. The number of hydrogen-bond donors (Lipinski definition) is 2. The number of para-hydroxylation sites is 1. The van der Waals surface area contributed by atoms with Gasteiger partial charge in [-0.15, -0.1) is 0 Å². The first kappa shape index (κ1) is 24.1. The van der Waals surface area contributed by atoms with Crippen molar-refractivity contribution in [3.63, 3.8) is 0 Å². The fourth-order valence-corrected chi connectivity index (χ4v) is 3.66. The highest BCUT2D eigenvalue weighted by molar-refractivity contribution is 5.80. The number of benzene rings is 2. The predicted molar refractivity (Wildman–Crippen MR) is 129 cm³/mol. The molecule has 0 amide bonds. The van der Waals surface area contributed by atoms with Crippen molar-refractivity contribution in [2.75, 3.05) is 5.73 Å². The van der Waals surface area contributed by atoms with Crippen molar-refractivity contribution < 1.29 is 13.2 Å². The van der Waals surface area contributed by atoms with Crippen LogP contribution in [0.25, 0.3) is 11.4 Å². The Balaban J connectivity index is 1.96. The van der Waals surface area contributed by atoms with Crippen molar-refractivity contribution in [2.45, 2.75) is 38.8 Å². The van der Waals surface area contributed by atoms with Crippen LogP contribution in [0.4, 0.5) is 18.9 Å². The standard InChI is InChI=1S/C27H28F3N3/c1-3-4-10-21-12-9-18-32-26(21)19(2)33-25(22-13-6-8-15-24(22)31)17-16-20-11-5-7-14-23(20)27(28,29)30/h5-9,11-15,17-18,33H,2-4,10,16,31H2,1H3/b25-17+. The maximum atomic E-state index is 13.5. The molecule has 0 spiro atoms. The van der Waals surface area contributed by atoms with Gasteiger partial charge in [-0.05, 0) is 48.6 Å². The average Bonchev–Trinajstić information content (AvgIpc) is 2.80. The van der Waals surface area contributed by atoms with Gasteiger partial charge in [0.15, 0.2) is 0 Å². The van der Waals surface area contributed by atoms with E-state index in [0.717, 1.165) is 36.6 Å². The van der Waals surface area contributed by atoms with Crippen molar-refractivity contribution in [1.29, 1.82) is 0 Å². The normalized spacial score (nSPS) is 11.9. The molecule has 0 radical (unpaired) electrons. The van der Waals surface area contributed by atoms with E-state index in [0.29, 0.717) is 22.6 Å². The lowest BCUT2D eigenvalue weighted by molar-refractivity contribution is -0.138. The Morgan fingerprint density at radius 1 is 1.03 bits per heavy atom. The first-order valence-electron chi connectivity index (χ1n) is 10.9. The summed E-state index contributed by atoms with van der Waals surface area (Å²) in [5.74, 6) is 0. The average molecular weight is 452 g/mol. The van der Waals surface area contributed by atoms with Gasteiger partial charge in [-0.1, -0.05) is 68.5 Å². The summed E-state index contributed by atoms with van der Waals surface area (Å²) in [6, 6.07) is 16.7. The summed E-state index contributed by atoms with van der Waals surface area (Å²) in [5, 5.41) is 3.28. The van der Waals surface area contributed by atoms with Crippen molar-refractivity contribution in [1.82, 2.24) is 10.3 Å². The van der Waals surface area contributed by atoms with Gasteiger partial charge in [-0.3, -0.25) is 4.98 Å². The zero-order valence-electron chi connectivity index (χ0n) is 18.6. The number of rotatable bonds is 9. The van der Waals surface area contributed by atoms with Crippen LogP contribution in [-0.4, -0.2) is 4.98 Å². The van der Waals surface area contributed by atoms with Gasteiger partial charge in [0.05, 0.1) is 17.0 Å². The number of anilines is 1. The lowest BCUT2D eigenvalue weighted by atomic mass is 10.0. The summed E-state index contributed by atoms with van der Waals surface area (Å²) < 4.78 is 40.4. The minimum atomic E-state index is -4.42. The largest absolute Gasteiger partial charge is 0.416 e. The maximum Gasteiger partial charge on any atom is 0.416 e. The minimum Gasteiger partial charge on any atom is -0.398 e. The molecule has 0 saturated carbocycles. The molecule has 3 nitrogen and oxygen atoms in total. The third-order valence-electron chi connectivity index (χ3n) is 5.36. The molecule has 3 aromatic rings. The van der Waals surface area contributed by atoms with Gasteiger partial charge in [-0.25, -0.2) is 0 Å². The molecule has 6 heteroatoms. The van der Waals surface area contributed by atoms with E-state index in [1.54, 1.807) is 24.4 Å². The van der Waals surface area contributed by atoms with Crippen LogP contribution in [0.1, 0.15) is 47.7 Å². The summed E-state index contributed by atoms with van der Waals surface area (Å²) in [6.07, 6.45) is 2.02. The number of nitrogens with zero attached hydrogens (tertiary/aromatic N) is 1. The van der Waals surface area contributed by atoms with Gasteiger partial charge in [0, 0.05) is 23.1 Å². The SMILES string of the molecule is C=C(N/C(=C/Cc1ccccc1C(F)(F)F)c1ccccc1N)c1ncccc1CCCC. The molecule has 172 valence electrons. The second kappa shape index (κ2) is 10.9. The Bertz CT molecular complexity index is 1130. The topological polar surface area (TPSA) is 50.9 Å². The van der Waals surface area contributed by atoms with E-state index >= 15 is 0 Å². The van der Waals surface area contributed by atoms with Crippen LogP contribution in [0.5, 0.6) is 0 Å². The first-order chi connectivity index (χ1) is 15.8. The van der Waals surface area contributed by atoms with Crippen LogP contribution in [0.15, 0.2) is 79.5 Å². The minimum absolute atomic E-state index is 0.0739. The Labute approximate surface area is 192 Å². The molecule has 0 aliphatic carbocycles. The number of hydrogen-bond acceptors (Lipinski definition) is 3. The molecule has 3 rings (SSSR count). The number of aromatic nitrogens is 1. The van der Waals surface area contributed by atoms with E-state index < -0.39 is 11.7 Å². The Morgan fingerprint density at radius 3 is 2.45 bits per heavy atom. The van der Waals surface area contributed by atoms with Gasteiger partial charge >= 0.3 is 6.18 Å². The highest BCUT2D eigenvalue weighted by Crippen LogP contribution is 2.33. The van der Waals surface area contributed by atoms with Crippen LogP contribution < -0.4 is 11.1 Å². The van der Waals surface area contributed by atoms with Crippen molar-refractivity contribution in [3.8, 4) is 0 Å². The van der Waals surface area contributed by atoms with Crippen LogP contribution in [-0.2, 0) is 19.0 Å². The monoisotopic (exact) mass is 451 g/mol. The third-order valence-corrected chi connectivity index (χ3v) is 5.36. The molecule has 3 N–H and O–H groups in total. The summed E-state index contributed by atoms with van der Waals surface area (Å²) in [6.45, 7) is 6.29. The van der Waals surface area contributed by atoms with Crippen LogP contribution in [0.3, 0.4) is 0 Å². The Morgan fingerprint density at radius 2 is 1.73 bits per heavy atom. The number of alkyl halides is 3. The summed E-state index contributed by atoms with van der Waals surface area (Å²) in [5.41, 5.74) is 9.90. The van der Waals surface area contributed by atoms with Crippen molar-refractivity contribution in [2.24, 2.45) is 0 Å². The van der Waals surface area contributed by atoms with E-state index in [2.05, 4.69) is 23.8 Å². The number of unbranched alkanes of at least 4 members (excludes halogenated alkanes) is 1. The highest BCUT2D eigenvalue weighted by Gasteiger charge is 2.32. The fraction of sp³-hybridized carbons (Fsp3) is 0.222. The molecule has 0 aliphatic rings. The third kappa shape index (κ3) is 6.25. The Kier molecular flexibility index (Phi) is 7.93. The Hall–Kier alpha value is -3.54. The second-order valence-electron chi connectivity index (χ2n) is 7.78. The summed E-state index contributed by atoms with van der Waals surface area (Å²) >= 11 is 0. The molecular weight excluding hydrogens is 423 g/mol. The summed E-state index contributed by atoms with van der Waals surface area (Å²) in [7, 11) is 0. The quantitative estimate of drug-likeness (QED) is 0.349. The van der Waals surface area contributed by atoms with Crippen LogP contribution in [0, 0.1) is 0 Å². The molecule has 0 atom stereocenters. The molecule has 1 heterocycles. The van der Waals surface area contributed by atoms with Gasteiger partial charge in [0.25, 0.3) is 0 Å². The molecule has 1 aromatic heterocycles. The number of allylic oxidation sites excluding steroid dienone is 1. The van der Waals surface area contributed by atoms with Gasteiger partial charge in [-0.2, -0.15) is 13.2 Å². The molecule has 0 fully saturated rings. The maximum absolute atomic E-state index is 13.5. The molecule has 0 unspecified atom stereocenters. The highest BCUT2D eigenvalue weighted by atomic mass is 19.4.